The van der Waals surface area contributed by atoms with Gasteiger partial charge in [-0.1, -0.05) is 6.92 Å². The molecule has 1 rings (SSSR count). The van der Waals surface area contributed by atoms with Crippen LogP contribution >= 0.6 is 0 Å². The van der Waals surface area contributed by atoms with Crippen molar-refractivity contribution in [3.8, 4) is 0 Å². The summed E-state index contributed by atoms with van der Waals surface area (Å²) in [6.07, 6.45) is 1.10. The van der Waals surface area contributed by atoms with Gasteiger partial charge in [0.15, 0.2) is 0 Å². The third kappa shape index (κ3) is 3.02. The number of hydrogen-bond acceptors (Lipinski definition) is 2. The highest BCUT2D eigenvalue weighted by Crippen LogP contribution is 2.18. The minimum Gasteiger partial charge on any atom is -0.380 e. The molecular weight excluding hydrogens is 172 g/mol. The molecule has 0 bridgehead atoms. The molecule has 0 aliphatic carbocycles. The van der Waals surface area contributed by atoms with Crippen molar-refractivity contribution in [2.45, 2.75) is 46.6 Å². The summed E-state index contributed by atoms with van der Waals surface area (Å²) in [6.45, 7) is 10.7. The van der Waals surface area contributed by atoms with Crippen molar-refractivity contribution < 1.29 is 0 Å². The molecule has 1 heterocycles. The van der Waals surface area contributed by atoms with Crippen LogP contribution in [0.5, 0.6) is 0 Å². The molecule has 1 aromatic heterocycles. The van der Waals surface area contributed by atoms with Crippen molar-refractivity contribution in [1.29, 1.82) is 0 Å². The summed E-state index contributed by atoms with van der Waals surface area (Å²) in [5.74, 6) is 0. The molecule has 14 heavy (non-hydrogen) atoms. The highest BCUT2D eigenvalue weighted by molar-refractivity contribution is 5.47. The van der Waals surface area contributed by atoms with E-state index < -0.39 is 0 Å². The Bertz CT molecular complexity index is 296. The van der Waals surface area contributed by atoms with E-state index in [1.54, 1.807) is 0 Å². The minimum absolute atomic E-state index is 0.153. The number of pyridine rings is 1. The number of aromatic nitrogens is 1. The molecule has 0 saturated carbocycles. The van der Waals surface area contributed by atoms with Gasteiger partial charge >= 0.3 is 0 Å². The van der Waals surface area contributed by atoms with Gasteiger partial charge in [0.05, 0.1) is 0 Å². The molecule has 78 valence electrons. The molecule has 0 aromatic carbocycles. The Labute approximate surface area is 86.8 Å². The molecule has 0 saturated heterocycles. The fourth-order valence-electron chi connectivity index (χ4n) is 1.39. The standard InChI is InChI=1S/C12H20N2/c1-6-12(4,5)14-11-7-9(2)13-10(3)8-11/h7-8H,6H2,1-5H3,(H,13,14). The van der Waals surface area contributed by atoms with Crippen molar-refractivity contribution in [1.82, 2.24) is 4.98 Å². The summed E-state index contributed by atoms with van der Waals surface area (Å²) in [5.41, 5.74) is 3.46. The van der Waals surface area contributed by atoms with Crippen LogP contribution in [-0.2, 0) is 0 Å². The molecule has 0 aliphatic rings. The summed E-state index contributed by atoms with van der Waals surface area (Å²) in [7, 11) is 0. The van der Waals surface area contributed by atoms with Crippen LogP contribution in [-0.4, -0.2) is 10.5 Å². The average molecular weight is 192 g/mol. The SMILES string of the molecule is CCC(C)(C)Nc1cc(C)nc(C)c1. The lowest BCUT2D eigenvalue weighted by molar-refractivity contribution is 0.547. The zero-order valence-electron chi connectivity index (χ0n) is 9.81. The van der Waals surface area contributed by atoms with E-state index in [0.717, 1.165) is 17.8 Å². The van der Waals surface area contributed by atoms with E-state index in [0.29, 0.717) is 0 Å². The Morgan fingerprint density at radius 3 is 2.14 bits per heavy atom. The Kier molecular flexibility index (Phi) is 3.14. The molecule has 0 unspecified atom stereocenters. The second kappa shape index (κ2) is 3.99. The van der Waals surface area contributed by atoms with Crippen LogP contribution < -0.4 is 5.32 Å². The maximum atomic E-state index is 4.35. The normalized spacial score (nSPS) is 11.5. The lowest BCUT2D eigenvalue weighted by atomic mass is 10.0. The first-order valence-electron chi connectivity index (χ1n) is 5.16. The quantitative estimate of drug-likeness (QED) is 0.794. The molecule has 1 N–H and O–H groups in total. The Morgan fingerprint density at radius 2 is 1.71 bits per heavy atom. The van der Waals surface area contributed by atoms with E-state index in [4.69, 9.17) is 0 Å². The number of aryl methyl sites for hydroxylation is 2. The van der Waals surface area contributed by atoms with Crippen molar-refractivity contribution in [2.75, 3.05) is 5.32 Å². The summed E-state index contributed by atoms with van der Waals surface area (Å²) < 4.78 is 0. The molecular formula is C12H20N2. The fourth-order valence-corrected chi connectivity index (χ4v) is 1.39. The first-order valence-corrected chi connectivity index (χ1v) is 5.16. The maximum Gasteiger partial charge on any atom is 0.0396 e. The lowest BCUT2D eigenvalue weighted by Crippen LogP contribution is -2.29. The maximum absolute atomic E-state index is 4.35. The number of rotatable bonds is 3. The number of anilines is 1. The van der Waals surface area contributed by atoms with Crippen molar-refractivity contribution in [3.63, 3.8) is 0 Å². The van der Waals surface area contributed by atoms with Crippen LogP contribution in [0.2, 0.25) is 0 Å². The number of nitrogens with one attached hydrogen (secondary N) is 1. The van der Waals surface area contributed by atoms with Crippen molar-refractivity contribution in [3.05, 3.63) is 23.5 Å². The fraction of sp³-hybridized carbons (Fsp3) is 0.583. The molecule has 0 radical (unpaired) electrons. The van der Waals surface area contributed by atoms with Crippen LogP contribution in [0.15, 0.2) is 12.1 Å². The molecule has 0 spiro atoms. The third-order valence-corrected chi connectivity index (χ3v) is 2.45. The van der Waals surface area contributed by atoms with E-state index >= 15 is 0 Å². The minimum atomic E-state index is 0.153. The first-order chi connectivity index (χ1) is 6.43. The van der Waals surface area contributed by atoms with Crippen molar-refractivity contribution in [2.24, 2.45) is 0 Å². The zero-order valence-corrected chi connectivity index (χ0v) is 9.81. The number of nitrogens with zero attached hydrogens (tertiary/aromatic N) is 1. The van der Waals surface area contributed by atoms with Gasteiger partial charge in [-0.3, -0.25) is 4.98 Å². The predicted molar refractivity (Wildman–Crippen MR) is 61.7 cm³/mol. The highest BCUT2D eigenvalue weighted by atomic mass is 15.0. The second-order valence-corrected chi connectivity index (χ2v) is 4.50. The van der Waals surface area contributed by atoms with Gasteiger partial charge in [-0.05, 0) is 46.2 Å². The van der Waals surface area contributed by atoms with Gasteiger partial charge in [0, 0.05) is 22.6 Å². The van der Waals surface area contributed by atoms with Gasteiger partial charge in [-0.25, -0.2) is 0 Å². The molecule has 0 aliphatic heterocycles. The highest BCUT2D eigenvalue weighted by Gasteiger charge is 2.14. The van der Waals surface area contributed by atoms with Crippen LogP contribution in [0.3, 0.4) is 0 Å². The van der Waals surface area contributed by atoms with E-state index in [2.05, 4.69) is 43.2 Å². The van der Waals surface area contributed by atoms with E-state index in [9.17, 15) is 0 Å². The Balaban J connectivity index is 2.87. The van der Waals surface area contributed by atoms with Gasteiger partial charge in [-0.2, -0.15) is 0 Å². The average Bonchev–Trinajstić information content (AvgIpc) is 2.01. The van der Waals surface area contributed by atoms with Gasteiger partial charge in [-0.15, -0.1) is 0 Å². The predicted octanol–water partition coefficient (Wildman–Crippen LogP) is 3.30. The van der Waals surface area contributed by atoms with Gasteiger partial charge in [0.2, 0.25) is 0 Å². The topological polar surface area (TPSA) is 24.9 Å². The Morgan fingerprint density at radius 1 is 1.21 bits per heavy atom. The largest absolute Gasteiger partial charge is 0.380 e. The Hall–Kier alpha value is -1.05. The van der Waals surface area contributed by atoms with Gasteiger partial charge in [0.1, 0.15) is 0 Å². The van der Waals surface area contributed by atoms with Crippen molar-refractivity contribution >= 4 is 5.69 Å². The third-order valence-electron chi connectivity index (χ3n) is 2.45. The summed E-state index contributed by atoms with van der Waals surface area (Å²) >= 11 is 0. The van der Waals surface area contributed by atoms with E-state index in [1.165, 1.54) is 5.69 Å². The van der Waals surface area contributed by atoms with Crippen LogP contribution in [0.25, 0.3) is 0 Å². The second-order valence-electron chi connectivity index (χ2n) is 4.50. The van der Waals surface area contributed by atoms with E-state index in [1.807, 2.05) is 13.8 Å². The molecule has 0 fully saturated rings. The van der Waals surface area contributed by atoms with Crippen LogP contribution in [0.4, 0.5) is 5.69 Å². The summed E-state index contributed by atoms with van der Waals surface area (Å²) in [4.78, 5) is 4.35. The van der Waals surface area contributed by atoms with Crippen LogP contribution in [0.1, 0.15) is 38.6 Å². The van der Waals surface area contributed by atoms with Gasteiger partial charge in [0.25, 0.3) is 0 Å². The molecule has 0 amide bonds. The van der Waals surface area contributed by atoms with Gasteiger partial charge < -0.3 is 5.32 Å². The summed E-state index contributed by atoms with van der Waals surface area (Å²) in [6, 6.07) is 4.18. The molecule has 2 heteroatoms. The first kappa shape index (κ1) is 11.0. The lowest BCUT2D eigenvalue weighted by Gasteiger charge is -2.26. The molecule has 1 aromatic rings. The zero-order chi connectivity index (χ0) is 10.8. The molecule has 0 atom stereocenters. The van der Waals surface area contributed by atoms with Crippen LogP contribution in [0, 0.1) is 13.8 Å². The summed E-state index contributed by atoms with van der Waals surface area (Å²) in [5, 5.41) is 3.51. The smallest absolute Gasteiger partial charge is 0.0396 e. The van der Waals surface area contributed by atoms with E-state index in [-0.39, 0.29) is 5.54 Å². The molecule has 2 nitrogen and oxygen atoms in total. The number of hydrogen-bond donors (Lipinski definition) is 1. The monoisotopic (exact) mass is 192 g/mol.